The molecule has 0 radical (unpaired) electrons. The number of amides is 2. The number of ether oxygens (including phenoxy) is 1. The van der Waals surface area contributed by atoms with Gasteiger partial charge >= 0.3 is 0 Å². The largest absolute Gasteiger partial charge is 0.489 e. The van der Waals surface area contributed by atoms with Crippen LogP contribution in [0.4, 0.5) is 0 Å². The first-order chi connectivity index (χ1) is 13.7. The van der Waals surface area contributed by atoms with Crippen molar-refractivity contribution >= 4 is 11.8 Å². The number of carbonyl (C=O) groups excluding carboxylic acids is 2. The molecule has 1 atom stereocenters. The molecule has 5 heteroatoms. The first-order valence-corrected chi connectivity index (χ1v) is 10.1. The van der Waals surface area contributed by atoms with Gasteiger partial charge in [-0.25, -0.2) is 0 Å². The second-order valence-electron chi connectivity index (χ2n) is 8.25. The third-order valence-corrected chi connectivity index (χ3v) is 4.63. The molecule has 2 rings (SSSR count). The smallest absolute Gasteiger partial charge is 0.251 e. The fourth-order valence-electron chi connectivity index (χ4n) is 2.72. The summed E-state index contributed by atoms with van der Waals surface area (Å²) in [5.41, 5.74) is 2.86. The summed E-state index contributed by atoms with van der Waals surface area (Å²) in [7, 11) is 0. The summed E-state index contributed by atoms with van der Waals surface area (Å²) in [6.07, 6.45) is 0.858. The lowest BCUT2D eigenvalue weighted by molar-refractivity contribution is -0.122. The van der Waals surface area contributed by atoms with E-state index in [1.807, 2.05) is 31.2 Å². The van der Waals surface area contributed by atoms with E-state index in [0.29, 0.717) is 18.7 Å². The van der Waals surface area contributed by atoms with Crippen LogP contribution >= 0.6 is 0 Å². The van der Waals surface area contributed by atoms with Crippen molar-refractivity contribution in [1.29, 1.82) is 0 Å². The molecular weight excluding hydrogens is 364 g/mol. The summed E-state index contributed by atoms with van der Waals surface area (Å²) in [5.74, 6) is 0.365. The second kappa shape index (κ2) is 10.1. The van der Waals surface area contributed by atoms with E-state index in [2.05, 4.69) is 43.5 Å². The number of rotatable bonds is 8. The standard InChI is InChI=1S/C24H32N2O3/c1-6-15-25-22(27)17(2)26-23(28)19-9-7-18(8-10-19)16-29-21-13-11-20(12-14-21)24(3,4)5/h7-14,17H,6,15-16H2,1-5H3,(H,25,27)(H,26,28)/t17-/m1/s1. The van der Waals surface area contributed by atoms with Crippen molar-refractivity contribution in [3.63, 3.8) is 0 Å². The van der Waals surface area contributed by atoms with Crippen LogP contribution in [0.2, 0.25) is 0 Å². The summed E-state index contributed by atoms with van der Waals surface area (Å²) >= 11 is 0. The molecule has 0 aliphatic heterocycles. The maximum atomic E-state index is 12.3. The van der Waals surface area contributed by atoms with Crippen LogP contribution in [0.1, 0.15) is 62.5 Å². The van der Waals surface area contributed by atoms with Crippen LogP contribution in [-0.2, 0) is 16.8 Å². The summed E-state index contributed by atoms with van der Waals surface area (Å²) in [6, 6.07) is 14.8. The minimum atomic E-state index is -0.576. The molecule has 0 heterocycles. The predicted octanol–water partition coefficient (Wildman–Crippen LogP) is 4.21. The van der Waals surface area contributed by atoms with Gasteiger partial charge in [-0.05, 0) is 54.2 Å². The van der Waals surface area contributed by atoms with Crippen LogP contribution in [0, 0.1) is 0 Å². The molecular formula is C24H32N2O3. The van der Waals surface area contributed by atoms with E-state index < -0.39 is 6.04 Å². The van der Waals surface area contributed by atoms with Crippen molar-refractivity contribution in [2.75, 3.05) is 6.54 Å². The maximum Gasteiger partial charge on any atom is 0.251 e. The van der Waals surface area contributed by atoms with Gasteiger partial charge in [-0.3, -0.25) is 9.59 Å². The van der Waals surface area contributed by atoms with E-state index in [4.69, 9.17) is 4.74 Å². The number of carbonyl (C=O) groups is 2. The Hall–Kier alpha value is -2.82. The maximum absolute atomic E-state index is 12.3. The van der Waals surface area contributed by atoms with Gasteiger partial charge in [-0.2, -0.15) is 0 Å². The lowest BCUT2D eigenvalue weighted by atomic mass is 9.87. The molecule has 2 aromatic carbocycles. The molecule has 0 bridgehead atoms. The lowest BCUT2D eigenvalue weighted by Crippen LogP contribution is -2.45. The molecule has 0 saturated heterocycles. The highest BCUT2D eigenvalue weighted by atomic mass is 16.5. The molecule has 0 spiro atoms. The van der Waals surface area contributed by atoms with Gasteiger partial charge in [0.25, 0.3) is 5.91 Å². The topological polar surface area (TPSA) is 67.4 Å². The van der Waals surface area contributed by atoms with Crippen molar-refractivity contribution in [3.05, 3.63) is 65.2 Å². The molecule has 0 aliphatic rings. The molecule has 156 valence electrons. The third-order valence-electron chi connectivity index (χ3n) is 4.63. The Labute approximate surface area is 173 Å². The normalized spacial score (nSPS) is 12.2. The Kier molecular flexibility index (Phi) is 7.82. The Morgan fingerprint density at radius 3 is 2.17 bits per heavy atom. The predicted molar refractivity (Wildman–Crippen MR) is 116 cm³/mol. The summed E-state index contributed by atoms with van der Waals surface area (Å²) in [4.78, 5) is 24.2. The zero-order valence-corrected chi connectivity index (χ0v) is 18.0. The molecule has 0 aliphatic carbocycles. The van der Waals surface area contributed by atoms with E-state index in [-0.39, 0.29) is 17.2 Å². The van der Waals surface area contributed by atoms with Gasteiger partial charge in [0.2, 0.25) is 5.91 Å². The quantitative estimate of drug-likeness (QED) is 0.702. The highest BCUT2D eigenvalue weighted by molar-refractivity contribution is 5.97. The van der Waals surface area contributed by atoms with Crippen molar-refractivity contribution in [2.45, 2.75) is 59.1 Å². The second-order valence-corrected chi connectivity index (χ2v) is 8.25. The third kappa shape index (κ3) is 6.93. The van der Waals surface area contributed by atoms with Crippen LogP contribution in [0.5, 0.6) is 5.75 Å². The molecule has 5 nitrogen and oxygen atoms in total. The van der Waals surface area contributed by atoms with Gasteiger partial charge < -0.3 is 15.4 Å². The molecule has 0 unspecified atom stereocenters. The lowest BCUT2D eigenvalue weighted by Gasteiger charge is -2.19. The van der Waals surface area contributed by atoms with Gasteiger partial charge in [-0.15, -0.1) is 0 Å². The van der Waals surface area contributed by atoms with Crippen LogP contribution in [0.25, 0.3) is 0 Å². The van der Waals surface area contributed by atoms with Gasteiger partial charge in [0.15, 0.2) is 0 Å². The van der Waals surface area contributed by atoms with Crippen LogP contribution in [0.15, 0.2) is 48.5 Å². The Balaban J connectivity index is 1.88. The Morgan fingerprint density at radius 2 is 1.62 bits per heavy atom. The zero-order valence-electron chi connectivity index (χ0n) is 18.0. The van der Waals surface area contributed by atoms with Gasteiger partial charge in [0, 0.05) is 12.1 Å². The van der Waals surface area contributed by atoms with E-state index in [0.717, 1.165) is 17.7 Å². The van der Waals surface area contributed by atoms with E-state index >= 15 is 0 Å². The minimum absolute atomic E-state index is 0.114. The van der Waals surface area contributed by atoms with Crippen molar-refractivity contribution in [2.24, 2.45) is 0 Å². The minimum Gasteiger partial charge on any atom is -0.489 e. The average molecular weight is 397 g/mol. The number of hydrogen-bond donors (Lipinski definition) is 2. The summed E-state index contributed by atoms with van der Waals surface area (Å²) in [6.45, 7) is 11.2. The molecule has 0 saturated carbocycles. The fourth-order valence-corrected chi connectivity index (χ4v) is 2.72. The molecule has 29 heavy (non-hydrogen) atoms. The number of benzene rings is 2. The highest BCUT2D eigenvalue weighted by Gasteiger charge is 2.16. The van der Waals surface area contributed by atoms with Crippen LogP contribution in [0.3, 0.4) is 0 Å². The van der Waals surface area contributed by atoms with Crippen molar-refractivity contribution in [3.8, 4) is 5.75 Å². The molecule has 2 aromatic rings. The Bertz CT molecular complexity index is 806. The zero-order chi connectivity index (χ0) is 21.4. The fraction of sp³-hybridized carbons (Fsp3) is 0.417. The van der Waals surface area contributed by atoms with E-state index in [1.54, 1.807) is 19.1 Å². The van der Waals surface area contributed by atoms with E-state index in [1.165, 1.54) is 5.56 Å². The van der Waals surface area contributed by atoms with Crippen LogP contribution < -0.4 is 15.4 Å². The molecule has 0 aromatic heterocycles. The van der Waals surface area contributed by atoms with E-state index in [9.17, 15) is 9.59 Å². The first kappa shape index (κ1) is 22.5. The Morgan fingerprint density at radius 1 is 1.00 bits per heavy atom. The summed E-state index contributed by atoms with van der Waals surface area (Å²) < 4.78 is 5.84. The SMILES string of the molecule is CCCNC(=O)[C@@H](C)NC(=O)c1ccc(COc2ccc(C(C)(C)C)cc2)cc1. The van der Waals surface area contributed by atoms with Crippen LogP contribution in [-0.4, -0.2) is 24.4 Å². The highest BCUT2D eigenvalue weighted by Crippen LogP contribution is 2.24. The van der Waals surface area contributed by atoms with Gasteiger partial charge in [-0.1, -0.05) is 52.0 Å². The average Bonchev–Trinajstić information content (AvgIpc) is 2.70. The van der Waals surface area contributed by atoms with Crippen molar-refractivity contribution in [1.82, 2.24) is 10.6 Å². The molecule has 0 fully saturated rings. The van der Waals surface area contributed by atoms with Gasteiger partial charge in [0.05, 0.1) is 0 Å². The van der Waals surface area contributed by atoms with Crippen molar-refractivity contribution < 1.29 is 14.3 Å². The summed E-state index contributed by atoms with van der Waals surface area (Å²) in [5, 5.41) is 5.49. The molecule has 2 N–H and O–H groups in total. The first-order valence-electron chi connectivity index (χ1n) is 10.1. The number of nitrogens with one attached hydrogen (secondary N) is 2. The number of hydrogen-bond acceptors (Lipinski definition) is 3. The van der Waals surface area contributed by atoms with Gasteiger partial charge in [0.1, 0.15) is 18.4 Å². The monoisotopic (exact) mass is 396 g/mol. The molecule has 2 amide bonds.